The lowest BCUT2D eigenvalue weighted by Gasteiger charge is -2.12. The van der Waals surface area contributed by atoms with Crippen LogP contribution < -0.4 is 0 Å². The predicted molar refractivity (Wildman–Crippen MR) is 57.2 cm³/mol. The molecule has 1 N–H and O–H groups in total. The summed E-state index contributed by atoms with van der Waals surface area (Å²) in [6.45, 7) is -0.235. The van der Waals surface area contributed by atoms with Gasteiger partial charge in [0.1, 0.15) is 0 Å². The zero-order chi connectivity index (χ0) is 14.7. The number of halogens is 6. The number of rotatable bonds is 3. The second-order valence-electron chi connectivity index (χ2n) is 3.75. The lowest BCUT2D eigenvalue weighted by Crippen LogP contribution is -2.11. The first-order valence-electron chi connectivity index (χ1n) is 5.21. The van der Waals surface area contributed by atoms with Gasteiger partial charge in [0.15, 0.2) is 0 Å². The van der Waals surface area contributed by atoms with Crippen LogP contribution in [-0.4, -0.2) is 11.7 Å². The Morgan fingerprint density at radius 3 is 1.74 bits per heavy atom. The van der Waals surface area contributed by atoms with Gasteiger partial charge < -0.3 is 5.11 Å². The van der Waals surface area contributed by atoms with E-state index in [1.165, 1.54) is 6.08 Å². The third-order valence-electron chi connectivity index (χ3n) is 2.22. The van der Waals surface area contributed by atoms with Crippen molar-refractivity contribution in [2.75, 3.05) is 6.61 Å². The largest absolute Gasteiger partial charge is 0.416 e. The molecule has 0 amide bonds. The van der Waals surface area contributed by atoms with Crippen molar-refractivity contribution in [2.45, 2.75) is 18.8 Å². The average Bonchev–Trinajstić information content (AvgIpc) is 2.27. The Hall–Kier alpha value is -1.50. The van der Waals surface area contributed by atoms with Crippen molar-refractivity contribution in [3.8, 4) is 0 Å². The number of aliphatic hydroxyl groups is 1. The second-order valence-corrected chi connectivity index (χ2v) is 3.75. The number of alkyl halides is 6. The van der Waals surface area contributed by atoms with E-state index in [1.54, 1.807) is 0 Å². The van der Waals surface area contributed by atoms with Crippen LogP contribution in [0.3, 0.4) is 0 Å². The van der Waals surface area contributed by atoms with E-state index in [1.807, 2.05) is 0 Å². The fourth-order valence-corrected chi connectivity index (χ4v) is 1.37. The fourth-order valence-electron chi connectivity index (χ4n) is 1.37. The number of hydrogen-bond donors (Lipinski definition) is 1. The van der Waals surface area contributed by atoms with E-state index in [0.717, 1.165) is 6.08 Å². The molecule has 1 rings (SSSR count). The van der Waals surface area contributed by atoms with Gasteiger partial charge in [0.2, 0.25) is 0 Å². The van der Waals surface area contributed by atoms with Gasteiger partial charge in [-0.1, -0.05) is 12.2 Å². The minimum absolute atomic E-state index is 0.0728. The zero-order valence-electron chi connectivity index (χ0n) is 9.52. The van der Waals surface area contributed by atoms with E-state index < -0.39 is 23.5 Å². The Morgan fingerprint density at radius 2 is 1.37 bits per heavy atom. The molecule has 0 heterocycles. The molecule has 0 aromatic heterocycles. The molecule has 0 atom stereocenters. The van der Waals surface area contributed by atoms with Crippen molar-refractivity contribution >= 4 is 6.08 Å². The molecule has 0 aliphatic carbocycles. The molecule has 0 saturated heterocycles. The second kappa shape index (κ2) is 5.64. The molecule has 0 aliphatic heterocycles. The summed E-state index contributed by atoms with van der Waals surface area (Å²) in [7, 11) is 0. The lowest BCUT2D eigenvalue weighted by atomic mass is 10.0. The number of hydrogen-bond acceptors (Lipinski definition) is 1. The molecule has 0 spiro atoms. The van der Waals surface area contributed by atoms with E-state index >= 15 is 0 Å². The van der Waals surface area contributed by atoms with Crippen molar-refractivity contribution in [2.24, 2.45) is 0 Å². The van der Waals surface area contributed by atoms with Gasteiger partial charge in [-0.25, -0.2) is 0 Å². The molecule has 0 saturated carbocycles. The highest BCUT2D eigenvalue weighted by Crippen LogP contribution is 2.36. The summed E-state index contributed by atoms with van der Waals surface area (Å²) < 4.78 is 75.0. The first kappa shape index (κ1) is 15.6. The fraction of sp³-hybridized carbons (Fsp3) is 0.333. The van der Waals surface area contributed by atoms with Gasteiger partial charge in [0.25, 0.3) is 0 Å². The number of aliphatic hydroxyl groups excluding tert-OH is 1. The van der Waals surface area contributed by atoms with Crippen LogP contribution in [0.5, 0.6) is 0 Å². The SMILES string of the molecule is OCCC=Cc1cc(C(F)(F)F)cc(C(F)(F)F)c1. The van der Waals surface area contributed by atoms with Crippen LogP contribution in [0, 0.1) is 0 Å². The molecule has 0 bridgehead atoms. The summed E-state index contributed by atoms with van der Waals surface area (Å²) in [5.74, 6) is 0. The van der Waals surface area contributed by atoms with Crippen LogP contribution in [0.4, 0.5) is 26.3 Å². The monoisotopic (exact) mass is 284 g/mol. The van der Waals surface area contributed by atoms with Crippen molar-refractivity contribution in [3.05, 3.63) is 41.0 Å². The van der Waals surface area contributed by atoms with Crippen LogP contribution in [0.2, 0.25) is 0 Å². The Morgan fingerprint density at radius 1 is 0.895 bits per heavy atom. The Bertz CT molecular complexity index is 426. The molecule has 1 nitrogen and oxygen atoms in total. The third-order valence-corrected chi connectivity index (χ3v) is 2.22. The normalized spacial score (nSPS) is 13.2. The summed E-state index contributed by atoms with van der Waals surface area (Å²) in [6, 6.07) is 1.33. The van der Waals surface area contributed by atoms with E-state index in [4.69, 9.17) is 5.11 Å². The van der Waals surface area contributed by atoms with E-state index in [9.17, 15) is 26.3 Å². The quantitative estimate of drug-likeness (QED) is 0.828. The van der Waals surface area contributed by atoms with E-state index in [-0.39, 0.29) is 24.7 Å². The molecular formula is C12H10F6O. The summed E-state index contributed by atoms with van der Waals surface area (Å²) in [6.07, 6.45) is -7.13. The molecule has 0 aliphatic rings. The maximum Gasteiger partial charge on any atom is 0.416 e. The Labute approximate surface area is 105 Å². The maximum absolute atomic E-state index is 12.5. The Kier molecular flexibility index (Phi) is 4.62. The van der Waals surface area contributed by atoms with Crippen molar-refractivity contribution < 1.29 is 31.4 Å². The lowest BCUT2D eigenvalue weighted by molar-refractivity contribution is -0.143. The molecule has 106 valence electrons. The first-order valence-corrected chi connectivity index (χ1v) is 5.21. The molecule has 19 heavy (non-hydrogen) atoms. The molecule has 0 radical (unpaired) electrons. The van der Waals surface area contributed by atoms with Gasteiger partial charge in [-0.2, -0.15) is 26.3 Å². The average molecular weight is 284 g/mol. The van der Waals surface area contributed by atoms with E-state index in [2.05, 4.69) is 0 Å². The molecule has 7 heteroatoms. The third kappa shape index (κ3) is 4.59. The van der Waals surface area contributed by atoms with Crippen LogP contribution >= 0.6 is 0 Å². The predicted octanol–water partition coefficient (Wildman–Crippen LogP) is 4.12. The highest BCUT2D eigenvalue weighted by molar-refractivity contribution is 5.53. The van der Waals surface area contributed by atoms with Gasteiger partial charge in [-0.3, -0.25) is 0 Å². The number of benzene rings is 1. The standard InChI is InChI=1S/C12H10F6O/c13-11(14,15)9-5-8(3-1-2-4-19)6-10(7-9)12(16,17)18/h1,3,5-7,19H,2,4H2. The van der Waals surface area contributed by atoms with Crippen molar-refractivity contribution in [1.29, 1.82) is 0 Å². The topological polar surface area (TPSA) is 20.2 Å². The van der Waals surface area contributed by atoms with Crippen LogP contribution in [0.1, 0.15) is 23.1 Å². The van der Waals surface area contributed by atoms with Gasteiger partial charge in [0.05, 0.1) is 11.1 Å². The summed E-state index contributed by atoms with van der Waals surface area (Å²) in [5.41, 5.74) is -2.92. The zero-order valence-corrected chi connectivity index (χ0v) is 9.52. The van der Waals surface area contributed by atoms with E-state index in [0.29, 0.717) is 12.1 Å². The highest BCUT2D eigenvalue weighted by Gasteiger charge is 2.36. The summed E-state index contributed by atoms with van der Waals surface area (Å²) in [4.78, 5) is 0. The summed E-state index contributed by atoms with van der Waals surface area (Å²) in [5, 5.41) is 8.50. The highest BCUT2D eigenvalue weighted by atomic mass is 19.4. The molecule has 0 fully saturated rings. The van der Waals surface area contributed by atoms with Crippen molar-refractivity contribution in [1.82, 2.24) is 0 Å². The smallest absolute Gasteiger partial charge is 0.396 e. The van der Waals surface area contributed by atoms with Crippen molar-refractivity contribution in [3.63, 3.8) is 0 Å². The van der Waals surface area contributed by atoms with Crippen LogP contribution in [0.15, 0.2) is 24.3 Å². The minimum atomic E-state index is -4.85. The molecule has 1 aromatic rings. The van der Waals surface area contributed by atoms with Crippen LogP contribution in [0.25, 0.3) is 6.08 Å². The van der Waals surface area contributed by atoms with Gasteiger partial charge in [-0.15, -0.1) is 0 Å². The first-order chi connectivity index (χ1) is 8.64. The van der Waals surface area contributed by atoms with Gasteiger partial charge in [-0.05, 0) is 30.2 Å². The molecular weight excluding hydrogens is 274 g/mol. The van der Waals surface area contributed by atoms with Crippen LogP contribution in [-0.2, 0) is 12.4 Å². The molecule has 1 aromatic carbocycles. The minimum Gasteiger partial charge on any atom is -0.396 e. The van der Waals surface area contributed by atoms with Gasteiger partial charge >= 0.3 is 12.4 Å². The molecule has 0 unspecified atom stereocenters. The Balaban J connectivity index is 3.25. The maximum atomic E-state index is 12.5. The summed E-state index contributed by atoms with van der Waals surface area (Å²) >= 11 is 0. The van der Waals surface area contributed by atoms with Gasteiger partial charge in [0, 0.05) is 6.61 Å².